The van der Waals surface area contributed by atoms with Gasteiger partial charge in [-0.15, -0.1) is 11.8 Å². The van der Waals surface area contributed by atoms with Crippen molar-refractivity contribution in [2.45, 2.75) is 24.2 Å². The molecule has 0 aliphatic heterocycles. The molecule has 0 radical (unpaired) electrons. The zero-order valence-electron chi connectivity index (χ0n) is 10.2. The largest absolute Gasteiger partial charge is 0.392 e. The van der Waals surface area contributed by atoms with Gasteiger partial charge in [-0.25, -0.2) is 0 Å². The van der Waals surface area contributed by atoms with E-state index in [2.05, 4.69) is 59.3 Å². The van der Waals surface area contributed by atoms with Gasteiger partial charge in [-0.3, -0.25) is 0 Å². The summed E-state index contributed by atoms with van der Waals surface area (Å²) in [5.74, 6) is 0.965. The Kier molecular flexibility index (Phi) is 4.87. The molecule has 0 bridgehead atoms. The average Bonchev–Trinajstić information content (AvgIpc) is 2.37. The van der Waals surface area contributed by atoms with Crippen molar-refractivity contribution in [3.8, 4) is 0 Å². The fourth-order valence-corrected chi connectivity index (χ4v) is 3.25. The zero-order valence-corrected chi connectivity index (χ0v) is 12.6. The lowest BCUT2D eigenvalue weighted by Gasteiger charge is -2.06. The molecule has 0 aromatic heterocycles. The number of halogens is 1. The molecule has 0 saturated heterocycles. The van der Waals surface area contributed by atoms with Crippen molar-refractivity contribution < 1.29 is 5.11 Å². The second-order valence-electron chi connectivity index (χ2n) is 4.19. The highest BCUT2D eigenvalue weighted by Crippen LogP contribution is 2.28. The summed E-state index contributed by atoms with van der Waals surface area (Å²) >= 11 is 5.28. The van der Waals surface area contributed by atoms with Gasteiger partial charge in [-0.05, 0) is 30.2 Å². The molecule has 2 aromatic carbocycles. The third kappa shape index (κ3) is 3.61. The first-order valence-electron chi connectivity index (χ1n) is 5.76. The van der Waals surface area contributed by atoms with Gasteiger partial charge in [-0.2, -0.15) is 0 Å². The molecule has 0 aliphatic rings. The molecule has 1 N–H and O–H groups in total. The molecule has 0 aliphatic carbocycles. The minimum atomic E-state index is 0.0728. The van der Waals surface area contributed by atoms with Crippen LogP contribution in [0, 0.1) is 6.92 Å². The summed E-state index contributed by atoms with van der Waals surface area (Å²) in [7, 11) is 0. The minimum Gasteiger partial charge on any atom is -0.392 e. The van der Waals surface area contributed by atoms with Crippen LogP contribution in [0.1, 0.15) is 16.7 Å². The molecule has 2 rings (SSSR count). The average molecular weight is 323 g/mol. The van der Waals surface area contributed by atoms with E-state index in [-0.39, 0.29) is 6.61 Å². The summed E-state index contributed by atoms with van der Waals surface area (Å²) in [5.41, 5.74) is 3.56. The fraction of sp³-hybridized carbons (Fsp3) is 0.200. The highest BCUT2D eigenvalue weighted by atomic mass is 79.9. The molecule has 94 valence electrons. The Balaban J connectivity index is 2.04. The van der Waals surface area contributed by atoms with Gasteiger partial charge in [0.25, 0.3) is 0 Å². The summed E-state index contributed by atoms with van der Waals surface area (Å²) in [4.78, 5) is 1.21. The maximum Gasteiger partial charge on any atom is 0.0692 e. The van der Waals surface area contributed by atoms with E-state index in [9.17, 15) is 0 Å². The van der Waals surface area contributed by atoms with E-state index >= 15 is 0 Å². The summed E-state index contributed by atoms with van der Waals surface area (Å²) in [5, 5.41) is 9.11. The van der Waals surface area contributed by atoms with Gasteiger partial charge in [0.2, 0.25) is 0 Å². The summed E-state index contributed by atoms with van der Waals surface area (Å²) in [6.07, 6.45) is 0. The molecular formula is C15H15BrOS. The lowest BCUT2D eigenvalue weighted by Crippen LogP contribution is -1.86. The number of rotatable bonds is 4. The second-order valence-corrected chi connectivity index (χ2v) is 6.09. The van der Waals surface area contributed by atoms with Gasteiger partial charge in [0.1, 0.15) is 0 Å². The Morgan fingerprint density at radius 2 is 2.00 bits per heavy atom. The molecule has 3 heteroatoms. The van der Waals surface area contributed by atoms with E-state index in [4.69, 9.17) is 5.11 Å². The van der Waals surface area contributed by atoms with Crippen molar-refractivity contribution in [3.05, 3.63) is 63.6 Å². The Bertz CT molecular complexity index is 540. The number of aliphatic hydroxyl groups is 1. The number of aliphatic hydroxyl groups excluding tert-OH is 1. The van der Waals surface area contributed by atoms with Crippen LogP contribution in [0.3, 0.4) is 0 Å². The van der Waals surface area contributed by atoms with E-state index in [0.717, 1.165) is 15.8 Å². The number of hydrogen-bond donors (Lipinski definition) is 1. The van der Waals surface area contributed by atoms with Gasteiger partial charge in [-0.1, -0.05) is 51.8 Å². The van der Waals surface area contributed by atoms with Crippen LogP contribution in [0.5, 0.6) is 0 Å². The summed E-state index contributed by atoms with van der Waals surface area (Å²) in [6.45, 7) is 2.18. The molecular weight excluding hydrogens is 308 g/mol. The Morgan fingerprint density at radius 3 is 2.67 bits per heavy atom. The van der Waals surface area contributed by atoms with E-state index in [0.29, 0.717) is 0 Å². The highest BCUT2D eigenvalue weighted by Gasteiger charge is 2.02. The van der Waals surface area contributed by atoms with Crippen molar-refractivity contribution in [3.63, 3.8) is 0 Å². The Hall–Kier alpha value is -0.770. The zero-order chi connectivity index (χ0) is 13.0. The molecule has 0 fully saturated rings. The van der Waals surface area contributed by atoms with Crippen LogP contribution in [0.4, 0.5) is 0 Å². The third-order valence-electron chi connectivity index (χ3n) is 2.68. The van der Waals surface area contributed by atoms with Crippen molar-refractivity contribution in [1.82, 2.24) is 0 Å². The number of hydrogen-bond acceptors (Lipinski definition) is 2. The molecule has 0 unspecified atom stereocenters. The normalized spacial score (nSPS) is 10.6. The standard InChI is InChI=1S/C15H15BrOS/c1-11-3-2-4-12(7-11)10-18-14-6-5-13(9-17)15(16)8-14/h2-8,17H,9-10H2,1H3. The molecule has 0 spiro atoms. The van der Waals surface area contributed by atoms with Crippen LogP contribution in [-0.4, -0.2) is 5.11 Å². The molecule has 0 heterocycles. The predicted octanol–water partition coefficient (Wildman–Crippen LogP) is 4.54. The monoisotopic (exact) mass is 322 g/mol. The summed E-state index contributed by atoms with van der Waals surface area (Å²) in [6, 6.07) is 14.6. The Labute approximate surface area is 120 Å². The first kappa shape index (κ1) is 13.7. The van der Waals surface area contributed by atoms with Gasteiger partial charge >= 0.3 is 0 Å². The SMILES string of the molecule is Cc1cccc(CSc2ccc(CO)c(Br)c2)c1. The summed E-state index contributed by atoms with van der Waals surface area (Å²) < 4.78 is 0.972. The van der Waals surface area contributed by atoms with E-state index in [1.54, 1.807) is 11.8 Å². The first-order valence-corrected chi connectivity index (χ1v) is 7.54. The third-order valence-corrected chi connectivity index (χ3v) is 4.49. The fourth-order valence-electron chi connectivity index (χ4n) is 1.71. The molecule has 0 saturated carbocycles. The smallest absolute Gasteiger partial charge is 0.0692 e. The van der Waals surface area contributed by atoms with Crippen LogP contribution in [0.2, 0.25) is 0 Å². The molecule has 2 aromatic rings. The lowest BCUT2D eigenvalue weighted by atomic mass is 10.2. The molecule has 0 amide bonds. The van der Waals surface area contributed by atoms with Crippen molar-refractivity contribution >= 4 is 27.7 Å². The van der Waals surface area contributed by atoms with Gasteiger partial charge in [0.15, 0.2) is 0 Å². The number of thioether (sulfide) groups is 1. The van der Waals surface area contributed by atoms with E-state index in [1.165, 1.54) is 16.0 Å². The lowest BCUT2D eigenvalue weighted by molar-refractivity contribution is 0.281. The Morgan fingerprint density at radius 1 is 1.17 bits per heavy atom. The van der Waals surface area contributed by atoms with E-state index < -0.39 is 0 Å². The quantitative estimate of drug-likeness (QED) is 0.834. The first-order chi connectivity index (χ1) is 8.69. The molecule has 1 nitrogen and oxygen atoms in total. The second kappa shape index (κ2) is 6.41. The van der Waals surface area contributed by atoms with Crippen LogP contribution >= 0.6 is 27.7 Å². The number of aryl methyl sites for hydroxylation is 1. The van der Waals surface area contributed by atoms with Crippen molar-refractivity contribution in [2.75, 3.05) is 0 Å². The maximum atomic E-state index is 9.11. The van der Waals surface area contributed by atoms with Gasteiger partial charge < -0.3 is 5.11 Å². The van der Waals surface area contributed by atoms with Crippen LogP contribution in [-0.2, 0) is 12.4 Å². The van der Waals surface area contributed by atoms with E-state index in [1.807, 2.05) is 6.07 Å². The van der Waals surface area contributed by atoms with Gasteiger partial charge in [0, 0.05) is 15.1 Å². The van der Waals surface area contributed by atoms with Crippen molar-refractivity contribution in [1.29, 1.82) is 0 Å². The minimum absolute atomic E-state index is 0.0728. The maximum absolute atomic E-state index is 9.11. The van der Waals surface area contributed by atoms with Crippen LogP contribution in [0.25, 0.3) is 0 Å². The topological polar surface area (TPSA) is 20.2 Å². The molecule has 0 atom stereocenters. The van der Waals surface area contributed by atoms with Crippen LogP contribution in [0.15, 0.2) is 51.8 Å². The predicted molar refractivity (Wildman–Crippen MR) is 80.8 cm³/mol. The van der Waals surface area contributed by atoms with Crippen LogP contribution < -0.4 is 0 Å². The van der Waals surface area contributed by atoms with Gasteiger partial charge in [0.05, 0.1) is 6.61 Å². The highest BCUT2D eigenvalue weighted by molar-refractivity contribution is 9.10. The number of benzene rings is 2. The molecule has 18 heavy (non-hydrogen) atoms. The van der Waals surface area contributed by atoms with Crippen molar-refractivity contribution in [2.24, 2.45) is 0 Å².